The Balaban J connectivity index is 2.59. The monoisotopic (exact) mass is 323 g/mol. The molecule has 0 unspecified atom stereocenters. The van der Waals surface area contributed by atoms with E-state index in [0.29, 0.717) is 10.0 Å². The molecule has 0 spiro atoms. The maximum Gasteiger partial charge on any atom is 0.133 e. The lowest BCUT2D eigenvalue weighted by molar-refractivity contribution is 0.844. The Morgan fingerprint density at radius 1 is 1.19 bits per heavy atom. The number of halogens is 2. The van der Waals surface area contributed by atoms with E-state index in [4.69, 9.17) is 23.2 Å². The Bertz CT molecular complexity index is 627. The van der Waals surface area contributed by atoms with Gasteiger partial charge >= 0.3 is 0 Å². The molecule has 0 aliphatic rings. The molecule has 0 fully saturated rings. The van der Waals surface area contributed by atoms with Crippen molar-refractivity contribution >= 4 is 29.0 Å². The quantitative estimate of drug-likeness (QED) is 0.800. The first-order valence-corrected chi connectivity index (χ1v) is 7.84. The molecule has 2 rings (SSSR count). The van der Waals surface area contributed by atoms with Crippen molar-refractivity contribution in [2.45, 2.75) is 33.1 Å². The summed E-state index contributed by atoms with van der Waals surface area (Å²) in [6.07, 6.45) is 2.60. The summed E-state index contributed by atoms with van der Waals surface area (Å²) >= 11 is 12.4. The van der Waals surface area contributed by atoms with Crippen molar-refractivity contribution in [2.24, 2.45) is 0 Å². The molecule has 0 amide bonds. The third-order valence-corrected chi connectivity index (χ3v) is 3.75. The summed E-state index contributed by atoms with van der Waals surface area (Å²) in [7, 11) is 0. The van der Waals surface area contributed by atoms with Crippen molar-refractivity contribution in [1.29, 1.82) is 0 Å². The van der Waals surface area contributed by atoms with Crippen molar-refractivity contribution in [2.75, 3.05) is 11.9 Å². The Morgan fingerprint density at radius 3 is 2.62 bits per heavy atom. The van der Waals surface area contributed by atoms with Crippen LogP contribution >= 0.6 is 23.2 Å². The predicted molar refractivity (Wildman–Crippen MR) is 90.4 cm³/mol. The molecule has 5 heteroatoms. The van der Waals surface area contributed by atoms with Crippen molar-refractivity contribution in [3.05, 3.63) is 40.1 Å². The van der Waals surface area contributed by atoms with E-state index in [1.165, 1.54) is 0 Å². The van der Waals surface area contributed by atoms with Gasteiger partial charge in [0.15, 0.2) is 0 Å². The van der Waals surface area contributed by atoms with Crippen LogP contribution in [0.15, 0.2) is 24.5 Å². The Hall–Kier alpha value is -1.32. The molecular weight excluding hydrogens is 305 g/mol. The molecule has 0 saturated heterocycles. The number of hydrogen-bond acceptors (Lipinski definition) is 3. The van der Waals surface area contributed by atoms with Gasteiger partial charge in [0.25, 0.3) is 0 Å². The van der Waals surface area contributed by atoms with Crippen LogP contribution in [0.25, 0.3) is 11.3 Å². The Kier molecular flexibility index (Phi) is 5.43. The molecule has 1 N–H and O–H groups in total. The van der Waals surface area contributed by atoms with Gasteiger partial charge in [0.05, 0.1) is 10.7 Å². The number of anilines is 1. The fourth-order valence-electron chi connectivity index (χ4n) is 2.22. The van der Waals surface area contributed by atoms with Crippen LogP contribution in [-0.2, 0) is 0 Å². The van der Waals surface area contributed by atoms with Gasteiger partial charge in [-0.15, -0.1) is 0 Å². The molecule has 1 aromatic carbocycles. The smallest absolute Gasteiger partial charge is 0.133 e. The lowest BCUT2D eigenvalue weighted by Crippen LogP contribution is -2.09. The summed E-state index contributed by atoms with van der Waals surface area (Å²) in [5.41, 5.74) is 2.75. The highest BCUT2D eigenvalue weighted by molar-refractivity contribution is 6.35. The number of rotatable bonds is 5. The fraction of sp³-hybridized carbons (Fsp3) is 0.375. The van der Waals surface area contributed by atoms with Crippen LogP contribution < -0.4 is 5.32 Å². The highest BCUT2D eigenvalue weighted by Gasteiger charge is 2.18. The zero-order chi connectivity index (χ0) is 15.4. The molecule has 2 aromatic rings. The zero-order valence-corrected chi connectivity index (χ0v) is 14.0. The van der Waals surface area contributed by atoms with Gasteiger partial charge in [0.2, 0.25) is 0 Å². The lowest BCUT2D eigenvalue weighted by Gasteiger charge is -2.17. The summed E-state index contributed by atoms with van der Waals surface area (Å²) in [6, 6.07) is 5.42. The minimum absolute atomic E-state index is 0.274. The van der Waals surface area contributed by atoms with Crippen LogP contribution in [0.1, 0.15) is 38.7 Å². The van der Waals surface area contributed by atoms with E-state index in [0.717, 1.165) is 35.6 Å². The van der Waals surface area contributed by atoms with E-state index in [2.05, 4.69) is 36.1 Å². The molecule has 1 heterocycles. The first kappa shape index (κ1) is 16.1. The molecular formula is C16H19Cl2N3. The second kappa shape index (κ2) is 7.10. The second-order valence-electron chi connectivity index (χ2n) is 5.19. The highest BCUT2D eigenvalue weighted by Crippen LogP contribution is 2.36. The van der Waals surface area contributed by atoms with Crippen molar-refractivity contribution < 1.29 is 0 Å². The topological polar surface area (TPSA) is 37.8 Å². The summed E-state index contributed by atoms with van der Waals surface area (Å²) in [5, 5.41) is 4.65. The van der Waals surface area contributed by atoms with Gasteiger partial charge in [-0.2, -0.15) is 0 Å². The molecule has 21 heavy (non-hydrogen) atoms. The second-order valence-corrected chi connectivity index (χ2v) is 6.03. The normalized spacial score (nSPS) is 11.0. The van der Waals surface area contributed by atoms with Crippen molar-refractivity contribution in [3.63, 3.8) is 0 Å². The van der Waals surface area contributed by atoms with Crippen LogP contribution in [0.5, 0.6) is 0 Å². The van der Waals surface area contributed by atoms with E-state index in [1.54, 1.807) is 18.5 Å². The third-order valence-electron chi connectivity index (χ3n) is 3.19. The minimum atomic E-state index is 0.274. The largest absolute Gasteiger partial charge is 0.370 e. The van der Waals surface area contributed by atoms with Gasteiger partial charge in [-0.3, -0.25) is 0 Å². The molecule has 3 nitrogen and oxygen atoms in total. The van der Waals surface area contributed by atoms with Gasteiger partial charge in [-0.05, 0) is 30.5 Å². The first-order valence-electron chi connectivity index (χ1n) is 7.08. The van der Waals surface area contributed by atoms with Crippen molar-refractivity contribution in [1.82, 2.24) is 9.97 Å². The van der Waals surface area contributed by atoms with Gasteiger partial charge < -0.3 is 5.32 Å². The average Bonchev–Trinajstić information content (AvgIpc) is 2.47. The Labute approximate surface area is 135 Å². The molecule has 0 atom stereocenters. The molecule has 1 aromatic heterocycles. The van der Waals surface area contributed by atoms with Gasteiger partial charge in [0, 0.05) is 22.7 Å². The van der Waals surface area contributed by atoms with Crippen LogP contribution in [0.4, 0.5) is 5.82 Å². The minimum Gasteiger partial charge on any atom is -0.370 e. The summed E-state index contributed by atoms with van der Waals surface area (Å²) < 4.78 is 0. The van der Waals surface area contributed by atoms with E-state index in [1.807, 2.05) is 6.07 Å². The van der Waals surface area contributed by atoms with Gasteiger partial charge in [0.1, 0.15) is 12.1 Å². The SMILES string of the molecule is CCCNc1ncnc(-c2cc(Cl)ccc2Cl)c1C(C)C. The molecule has 0 radical (unpaired) electrons. The Morgan fingerprint density at radius 2 is 1.95 bits per heavy atom. The molecule has 112 valence electrons. The number of nitrogens with zero attached hydrogens (tertiary/aromatic N) is 2. The van der Waals surface area contributed by atoms with Crippen LogP contribution in [0, 0.1) is 0 Å². The lowest BCUT2D eigenvalue weighted by atomic mass is 9.97. The number of aromatic nitrogens is 2. The molecule has 0 aliphatic heterocycles. The average molecular weight is 324 g/mol. The van der Waals surface area contributed by atoms with E-state index in [-0.39, 0.29) is 5.92 Å². The summed E-state index contributed by atoms with van der Waals surface area (Å²) in [5.74, 6) is 1.14. The van der Waals surface area contributed by atoms with Crippen molar-refractivity contribution in [3.8, 4) is 11.3 Å². The maximum absolute atomic E-state index is 6.32. The van der Waals surface area contributed by atoms with Crippen LogP contribution in [0.2, 0.25) is 10.0 Å². The van der Waals surface area contributed by atoms with Gasteiger partial charge in [-0.1, -0.05) is 44.0 Å². The fourth-order valence-corrected chi connectivity index (χ4v) is 2.60. The molecule has 0 bridgehead atoms. The standard InChI is InChI=1S/C16H19Cl2N3/c1-4-7-19-16-14(10(2)3)15(20-9-21-16)12-8-11(17)5-6-13(12)18/h5-6,8-10H,4,7H2,1-3H3,(H,19,20,21). The van der Waals surface area contributed by atoms with Crippen LogP contribution in [0.3, 0.4) is 0 Å². The first-order chi connectivity index (χ1) is 10.0. The van der Waals surface area contributed by atoms with Crippen LogP contribution in [-0.4, -0.2) is 16.5 Å². The highest BCUT2D eigenvalue weighted by atomic mass is 35.5. The van der Waals surface area contributed by atoms with E-state index < -0.39 is 0 Å². The van der Waals surface area contributed by atoms with Gasteiger partial charge in [-0.25, -0.2) is 9.97 Å². The zero-order valence-electron chi connectivity index (χ0n) is 12.5. The molecule has 0 aliphatic carbocycles. The maximum atomic E-state index is 6.32. The number of benzene rings is 1. The molecule has 0 saturated carbocycles. The summed E-state index contributed by atoms with van der Waals surface area (Å²) in [6.45, 7) is 7.24. The van der Waals surface area contributed by atoms with E-state index >= 15 is 0 Å². The number of nitrogens with one attached hydrogen (secondary N) is 1. The third kappa shape index (κ3) is 3.66. The summed E-state index contributed by atoms with van der Waals surface area (Å²) in [4.78, 5) is 8.82. The predicted octanol–water partition coefficient (Wildman–Crippen LogP) is 5.40. The van der Waals surface area contributed by atoms with E-state index in [9.17, 15) is 0 Å². The number of hydrogen-bond donors (Lipinski definition) is 1.